The molecular weight excluding hydrogens is 226 g/mol. The lowest BCUT2D eigenvalue weighted by molar-refractivity contribution is 0.405. The van der Waals surface area contributed by atoms with Crippen LogP contribution in [0.1, 0.15) is 26.3 Å². The first-order valence-corrected chi connectivity index (χ1v) is 6.60. The van der Waals surface area contributed by atoms with E-state index in [1.54, 1.807) is 10.6 Å². The molecule has 0 aliphatic carbocycles. The van der Waals surface area contributed by atoms with Crippen LogP contribution in [0, 0.1) is 12.8 Å². The second kappa shape index (κ2) is 5.57. The minimum absolute atomic E-state index is 0.0144. The van der Waals surface area contributed by atoms with Gasteiger partial charge in [0.15, 0.2) is 0 Å². The molecule has 1 radical (unpaired) electrons. The average Bonchev–Trinajstić information content (AvgIpc) is 2.80. The van der Waals surface area contributed by atoms with Crippen molar-refractivity contribution >= 4 is 5.69 Å². The van der Waals surface area contributed by atoms with E-state index in [0.717, 1.165) is 25.2 Å². The van der Waals surface area contributed by atoms with Crippen molar-refractivity contribution in [2.24, 2.45) is 5.92 Å². The molecule has 2 heterocycles. The summed E-state index contributed by atoms with van der Waals surface area (Å²) in [5.41, 5.74) is 0.899. The molecule has 4 heteroatoms. The number of hydrogen-bond acceptors (Lipinski definition) is 3. The molecule has 1 fully saturated rings. The van der Waals surface area contributed by atoms with Gasteiger partial charge in [-0.1, -0.05) is 0 Å². The van der Waals surface area contributed by atoms with Crippen molar-refractivity contribution in [2.75, 3.05) is 18.4 Å². The summed E-state index contributed by atoms with van der Waals surface area (Å²) >= 11 is 0. The first-order valence-electron chi connectivity index (χ1n) is 6.60. The highest BCUT2D eigenvalue weighted by Gasteiger charge is 2.23. The van der Waals surface area contributed by atoms with E-state index in [2.05, 4.69) is 31.4 Å². The summed E-state index contributed by atoms with van der Waals surface area (Å²) in [6.45, 7) is 10.2. The molecule has 2 rings (SSSR count). The number of nitrogens with one attached hydrogen (secondary N) is 2. The Morgan fingerprint density at radius 3 is 2.89 bits per heavy atom. The van der Waals surface area contributed by atoms with Gasteiger partial charge in [-0.25, -0.2) is 0 Å². The molecule has 99 valence electrons. The highest BCUT2D eigenvalue weighted by Crippen LogP contribution is 2.22. The minimum Gasteiger partial charge on any atom is -0.383 e. The van der Waals surface area contributed by atoms with Gasteiger partial charge in [0, 0.05) is 30.0 Å². The van der Waals surface area contributed by atoms with Crippen LogP contribution in [-0.4, -0.2) is 23.7 Å². The van der Waals surface area contributed by atoms with Crippen LogP contribution in [0.5, 0.6) is 0 Å². The molecular formula is C14H22N3O. The van der Waals surface area contributed by atoms with Gasteiger partial charge in [-0.15, -0.1) is 0 Å². The molecule has 1 aliphatic rings. The molecule has 0 bridgehead atoms. The topological polar surface area (TPSA) is 46.1 Å². The number of hydrogen-bond donors (Lipinski definition) is 2. The molecule has 1 aromatic rings. The maximum Gasteiger partial charge on any atom is 0.252 e. The molecule has 18 heavy (non-hydrogen) atoms. The Morgan fingerprint density at radius 2 is 2.33 bits per heavy atom. The number of nitrogens with zero attached hydrogens (tertiary/aromatic N) is 1. The zero-order chi connectivity index (χ0) is 13.1. The van der Waals surface area contributed by atoms with Gasteiger partial charge in [0.2, 0.25) is 0 Å². The molecule has 1 aromatic heterocycles. The van der Waals surface area contributed by atoms with Gasteiger partial charge in [0.25, 0.3) is 5.56 Å². The Morgan fingerprint density at radius 1 is 1.56 bits per heavy atom. The predicted molar refractivity (Wildman–Crippen MR) is 74.8 cm³/mol. The maximum atomic E-state index is 12.1. The van der Waals surface area contributed by atoms with Gasteiger partial charge < -0.3 is 15.2 Å². The van der Waals surface area contributed by atoms with Crippen molar-refractivity contribution in [3.63, 3.8) is 0 Å². The first-order chi connectivity index (χ1) is 8.58. The monoisotopic (exact) mass is 248 g/mol. The molecule has 0 spiro atoms. The summed E-state index contributed by atoms with van der Waals surface area (Å²) < 4.78 is 1.74. The van der Waals surface area contributed by atoms with Gasteiger partial charge >= 0.3 is 0 Å². The van der Waals surface area contributed by atoms with Crippen LogP contribution in [0.15, 0.2) is 23.1 Å². The zero-order valence-corrected chi connectivity index (χ0v) is 11.1. The summed E-state index contributed by atoms with van der Waals surface area (Å²) in [5.74, 6) is 0.451. The lowest BCUT2D eigenvalue weighted by atomic mass is 10.0. The van der Waals surface area contributed by atoms with Gasteiger partial charge in [-0.3, -0.25) is 4.79 Å². The van der Waals surface area contributed by atoms with Crippen LogP contribution < -0.4 is 16.2 Å². The van der Waals surface area contributed by atoms with Crippen LogP contribution in [0.4, 0.5) is 5.69 Å². The van der Waals surface area contributed by atoms with Crippen molar-refractivity contribution in [2.45, 2.75) is 32.4 Å². The van der Waals surface area contributed by atoms with E-state index in [0.29, 0.717) is 12.0 Å². The van der Waals surface area contributed by atoms with Gasteiger partial charge in [-0.05, 0) is 52.3 Å². The maximum absolute atomic E-state index is 12.1. The third-order valence-corrected chi connectivity index (χ3v) is 3.40. The standard InChI is InChI=1S/C14H22N3O/c1-10(2)16-13-5-7-17(14(18)8-13)11(3)12-4-6-15-9-12/h5,7-8,10-12,15-16H,3-4,6,9H2,1-2H3. The Labute approximate surface area is 108 Å². The molecule has 1 aliphatic heterocycles. The Hall–Kier alpha value is -1.29. The molecule has 4 nitrogen and oxygen atoms in total. The summed E-state index contributed by atoms with van der Waals surface area (Å²) in [5, 5.41) is 6.55. The third kappa shape index (κ3) is 2.93. The lowest BCUT2D eigenvalue weighted by Gasteiger charge is -2.21. The first kappa shape index (κ1) is 13.1. The zero-order valence-electron chi connectivity index (χ0n) is 11.1. The summed E-state index contributed by atoms with van der Waals surface area (Å²) in [6.07, 6.45) is 2.94. The number of anilines is 1. The summed E-state index contributed by atoms with van der Waals surface area (Å²) in [4.78, 5) is 12.1. The van der Waals surface area contributed by atoms with E-state index in [-0.39, 0.29) is 11.6 Å². The van der Waals surface area contributed by atoms with Crippen molar-refractivity contribution < 1.29 is 0 Å². The molecule has 0 saturated carbocycles. The van der Waals surface area contributed by atoms with Crippen molar-refractivity contribution in [1.29, 1.82) is 0 Å². The SMILES string of the molecule is [CH2]C(C1CCNC1)n1ccc(NC(C)C)cc1=O. The van der Waals surface area contributed by atoms with Crippen molar-refractivity contribution in [1.82, 2.24) is 9.88 Å². The molecule has 2 N–H and O–H groups in total. The normalized spacial score (nSPS) is 21.2. The fourth-order valence-electron chi connectivity index (χ4n) is 2.42. The molecule has 2 atom stereocenters. The third-order valence-electron chi connectivity index (χ3n) is 3.40. The number of rotatable bonds is 4. The van der Waals surface area contributed by atoms with E-state index in [4.69, 9.17) is 0 Å². The van der Waals surface area contributed by atoms with E-state index < -0.39 is 0 Å². The van der Waals surface area contributed by atoms with Crippen molar-refractivity contribution in [3.05, 3.63) is 35.6 Å². The second-order valence-corrected chi connectivity index (χ2v) is 5.28. The van der Waals surface area contributed by atoms with E-state index in [9.17, 15) is 4.79 Å². The lowest BCUT2D eigenvalue weighted by Crippen LogP contribution is -2.28. The highest BCUT2D eigenvalue weighted by molar-refractivity contribution is 5.41. The molecule has 0 aromatic carbocycles. The number of aromatic nitrogens is 1. The fourth-order valence-corrected chi connectivity index (χ4v) is 2.42. The molecule has 2 unspecified atom stereocenters. The average molecular weight is 248 g/mol. The van der Waals surface area contributed by atoms with Crippen LogP contribution >= 0.6 is 0 Å². The van der Waals surface area contributed by atoms with Crippen LogP contribution in [0.2, 0.25) is 0 Å². The highest BCUT2D eigenvalue weighted by atomic mass is 16.1. The molecule has 1 saturated heterocycles. The predicted octanol–water partition coefficient (Wildman–Crippen LogP) is 1.65. The quantitative estimate of drug-likeness (QED) is 0.851. The van der Waals surface area contributed by atoms with Crippen LogP contribution in [-0.2, 0) is 0 Å². The van der Waals surface area contributed by atoms with Gasteiger partial charge in [0.05, 0.1) is 0 Å². The Bertz CT molecular complexity index is 447. The molecule has 0 amide bonds. The second-order valence-electron chi connectivity index (χ2n) is 5.28. The largest absolute Gasteiger partial charge is 0.383 e. The van der Waals surface area contributed by atoms with Gasteiger partial charge in [-0.2, -0.15) is 0 Å². The Kier molecular flexibility index (Phi) is 4.07. The minimum atomic E-state index is 0.0144. The Balaban J connectivity index is 2.16. The van der Waals surface area contributed by atoms with Crippen LogP contribution in [0.25, 0.3) is 0 Å². The van der Waals surface area contributed by atoms with E-state index in [1.807, 2.05) is 12.3 Å². The summed E-state index contributed by atoms with van der Waals surface area (Å²) in [6, 6.07) is 3.94. The fraction of sp³-hybridized carbons (Fsp3) is 0.571. The van der Waals surface area contributed by atoms with Crippen LogP contribution in [0.3, 0.4) is 0 Å². The smallest absolute Gasteiger partial charge is 0.252 e. The van der Waals surface area contributed by atoms with Crippen molar-refractivity contribution in [3.8, 4) is 0 Å². The van der Waals surface area contributed by atoms with E-state index >= 15 is 0 Å². The number of pyridine rings is 1. The van der Waals surface area contributed by atoms with Gasteiger partial charge in [0.1, 0.15) is 0 Å². The van der Waals surface area contributed by atoms with E-state index in [1.165, 1.54) is 0 Å². The summed E-state index contributed by atoms with van der Waals surface area (Å²) in [7, 11) is 0.